The molecule has 4 aromatic carbocycles. The summed E-state index contributed by atoms with van der Waals surface area (Å²) in [6, 6.07) is 28.4. The highest BCUT2D eigenvalue weighted by molar-refractivity contribution is 7.99. The molecule has 0 aliphatic carbocycles. The highest BCUT2D eigenvalue weighted by Gasteiger charge is 2.15. The summed E-state index contributed by atoms with van der Waals surface area (Å²) >= 11 is 7.40. The summed E-state index contributed by atoms with van der Waals surface area (Å²) in [6.45, 7) is 0. The van der Waals surface area contributed by atoms with Crippen molar-refractivity contribution in [1.82, 2.24) is 15.0 Å². The van der Waals surface area contributed by atoms with Gasteiger partial charge < -0.3 is 0 Å². The standard InChI is InChI=1S/C29H20ClN7O4S/c30-24-15-6-4-13-22(24)27(34-32-19-9-8-12-21(17-19)37(40)41)35-33-26(38)18-42-29-31-25-16-7-5-14-23(25)28(39)36(29)20-10-2-1-3-11-20/h1-17H,18H2,(H,33,38)/b34-32?,35-27+. The summed E-state index contributed by atoms with van der Waals surface area (Å²) in [7, 11) is 0. The number of hydrogen-bond acceptors (Lipinski definition) is 8. The van der Waals surface area contributed by atoms with Crippen LogP contribution in [0.2, 0.25) is 5.02 Å². The van der Waals surface area contributed by atoms with Crippen LogP contribution in [0, 0.1) is 10.1 Å². The number of rotatable bonds is 8. The largest absolute Gasteiger partial charge is 0.272 e. The van der Waals surface area contributed by atoms with Gasteiger partial charge in [-0.1, -0.05) is 71.9 Å². The van der Waals surface area contributed by atoms with E-state index in [-0.39, 0.29) is 28.5 Å². The number of azo groups is 1. The molecule has 1 aromatic heterocycles. The first-order valence-electron chi connectivity index (χ1n) is 12.4. The second kappa shape index (κ2) is 13.0. The maximum atomic E-state index is 13.4. The van der Waals surface area contributed by atoms with Crippen LogP contribution in [-0.4, -0.2) is 32.0 Å². The van der Waals surface area contributed by atoms with Gasteiger partial charge in [0, 0.05) is 17.7 Å². The summed E-state index contributed by atoms with van der Waals surface area (Å²) in [5, 5.41) is 24.5. The molecule has 1 amide bonds. The van der Waals surface area contributed by atoms with Gasteiger partial charge in [-0.15, -0.1) is 10.2 Å². The minimum atomic E-state index is -0.540. The van der Waals surface area contributed by atoms with Crippen molar-refractivity contribution < 1.29 is 9.72 Å². The van der Waals surface area contributed by atoms with Crippen molar-refractivity contribution in [2.24, 2.45) is 15.3 Å². The normalized spacial score (nSPS) is 11.6. The fourth-order valence-electron chi connectivity index (χ4n) is 3.84. The number of carbonyl (C=O) groups is 1. The zero-order valence-corrected chi connectivity index (χ0v) is 23.2. The third kappa shape index (κ3) is 6.57. The van der Waals surface area contributed by atoms with Gasteiger partial charge in [0.25, 0.3) is 17.2 Å². The van der Waals surface area contributed by atoms with Gasteiger partial charge in [0.2, 0.25) is 5.84 Å². The Morgan fingerprint density at radius 1 is 0.976 bits per heavy atom. The molecule has 208 valence electrons. The predicted molar refractivity (Wildman–Crippen MR) is 162 cm³/mol. The molecular weight excluding hydrogens is 578 g/mol. The highest BCUT2D eigenvalue weighted by Crippen LogP contribution is 2.23. The second-order valence-electron chi connectivity index (χ2n) is 8.60. The Balaban J connectivity index is 1.40. The Morgan fingerprint density at radius 2 is 1.71 bits per heavy atom. The van der Waals surface area contributed by atoms with Crippen molar-refractivity contribution in [1.29, 1.82) is 0 Å². The number of benzene rings is 4. The molecule has 0 bridgehead atoms. The monoisotopic (exact) mass is 597 g/mol. The van der Waals surface area contributed by atoms with Crippen LogP contribution in [0.1, 0.15) is 5.56 Å². The van der Waals surface area contributed by atoms with Crippen molar-refractivity contribution in [3.8, 4) is 5.69 Å². The molecule has 42 heavy (non-hydrogen) atoms. The maximum absolute atomic E-state index is 13.4. The quantitative estimate of drug-likeness (QED) is 0.0422. The number of nitrogens with zero attached hydrogens (tertiary/aromatic N) is 6. The molecule has 13 heteroatoms. The van der Waals surface area contributed by atoms with E-state index < -0.39 is 10.8 Å². The van der Waals surface area contributed by atoms with E-state index in [9.17, 15) is 19.7 Å². The molecule has 0 aliphatic rings. The number of hydrogen-bond donors (Lipinski definition) is 1. The van der Waals surface area contributed by atoms with Crippen molar-refractivity contribution in [3.05, 3.63) is 134 Å². The van der Waals surface area contributed by atoms with E-state index in [1.165, 1.54) is 22.8 Å². The predicted octanol–water partition coefficient (Wildman–Crippen LogP) is 6.30. The summed E-state index contributed by atoms with van der Waals surface area (Å²) in [4.78, 5) is 41.4. The lowest BCUT2D eigenvalue weighted by Crippen LogP contribution is -2.24. The number of nitro benzene ring substituents is 1. The van der Waals surface area contributed by atoms with Crippen LogP contribution >= 0.6 is 23.4 Å². The van der Waals surface area contributed by atoms with E-state index >= 15 is 0 Å². The molecule has 0 spiro atoms. The second-order valence-corrected chi connectivity index (χ2v) is 9.95. The average molecular weight is 598 g/mol. The molecule has 1 N–H and O–H groups in total. The molecule has 0 aliphatic heterocycles. The molecule has 0 fully saturated rings. The number of non-ortho nitro benzene ring substituents is 1. The zero-order valence-electron chi connectivity index (χ0n) is 21.6. The molecule has 0 radical (unpaired) electrons. The fourth-order valence-corrected chi connectivity index (χ4v) is 4.87. The molecule has 0 atom stereocenters. The summed E-state index contributed by atoms with van der Waals surface area (Å²) < 4.78 is 1.46. The third-order valence-corrected chi connectivity index (χ3v) is 7.06. The number of aromatic nitrogens is 2. The molecule has 1 heterocycles. The molecular formula is C29H20ClN7O4S. The maximum Gasteiger partial charge on any atom is 0.271 e. The van der Waals surface area contributed by atoms with E-state index in [2.05, 4.69) is 25.7 Å². The number of thioether (sulfide) groups is 1. The minimum Gasteiger partial charge on any atom is -0.272 e. The molecule has 0 unspecified atom stereocenters. The number of nitro groups is 1. The fraction of sp³-hybridized carbons (Fsp3) is 0.0345. The van der Waals surface area contributed by atoms with Gasteiger partial charge in [0.1, 0.15) is 0 Å². The van der Waals surface area contributed by atoms with Crippen LogP contribution in [0.5, 0.6) is 0 Å². The van der Waals surface area contributed by atoms with Crippen molar-refractivity contribution in [2.45, 2.75) is 5.16 Å². The van der Waals surface area contributed by atoms with Crippen LogP contribution < -0.4 is 11.0 Å². The average Bonchev–Trinajstić information content (AvgIpc) is 3.01. The number of hydrazone groups is 1. The van der Waals surface area contributed by atoms with Gasteiger partial charge in [-0.25, -0.2) is 10.4 Å². The molecule has 0 saturated heterocycles. The van der Waals surface area contributed by atoms with E-state index in [1.54, 1.807) is 66.7 Å². The van der Waals surface area contributed by atoms with Crippen LogP contribution in [-0.2, 0) is 4.79 Å². The third-order valence-electron chi connectivity index (χ3n) is 5.79. The number of carbonyl (C=O) groups excluding carboxylic acids is 1. The number of para-hydroxylation sites is 2. The lowest BCUT2D eigenvalue weighted by Gasteiger charge is -2.13. The summed E-state index contributed by atoms with van der Waals surface area (Å²) in [5.41, 5.74) is 3.77. The molecule has 11 nitrogen and oxygen atoms in total. The molecule has 0 saturated carbocycles. The van der Waals surface area contributed by atoms with E-state index in [4.69, 9.17) is 11.6 Å². The van der Waals surface area contributed by atoms with Crippen LogP contribution in [0.25, 0.3) is 16.6 Å². The van der Waals surface area contributed by atoms with Gasteiger partial charge in [0.05, 0.1) is 38.0 Å². The number of fused-ring (bicyclic) bond motifs is 1. The first kappa shape index (κ1) is 28.3. The number of amides is 1. The Morgan fingerprint density at radius 3 is 2.50 bits per heavy atom. The first-order valence-corrected chi connectivity index (χ1v) is 13.7. The molecule has 5 aromatic rings. The van der Waals surface area contributed by atoms with Crippen LogP contribution in [0.3, 0.4) is 0 Å². The van der Waals surface area contributed by atoms with Gasteiger partial charge in [0.15, 0.2) is 5.16 Å². The number of halogens is 1. The van der Waals surface area contributed by atoms with Crippen molar-refractivity contribution in [3.63, 3.8) is 0 Å². The Kier molecular flexibility index (Phi) is 8.75. The summed E-state index contributed by atoms with van der Waals surface area (Å²) in [6.07, 6.45) is 0. The van der Waals surface area contributed by atoms with Gasteiger partial charge in [-0.05, 0) is 42.5 Å². The topological polar surface area (TPSA) is 144 Å². The molecule has 5 rings (SSSR count). The van der Waals surface area contributed by atoms with Gasteiger partial charge in [-0.3, -0.25) is 24.3 Å². The summed E-state index contributed by atoms with van der Waals surface area (Å²) in [5.74, 6) is -0.647. The lowest BCUT2D eigenvalue weighted by atomic mass is 10.2. The smallest absolute Gasteiger partial charge is 0.271 e. The number of nitrogens with one attached hydrogen (secondary N) is 1. The van der Waals surface area contributed by atoms with Gasteiger partial charge in [-0.2, -0.15) is 5.10 Å². The first-order chi connectivity index (χ1) is 20.4. The highest BCUT2D eigenvalue weighted by atomic mass is 35.5. The van der Waals surface area contributed by atoms with Crippen molar-refractivity contribution >= 4 is 57.4 Å². The van der Waals surface area contributed by atoms with Crippen LogP contribution in [0.15, 0.2) is 128 Å². The van der Waals surface area contributed by atoms with Crippen LogP contribution in [0.4, 0.5) is 11.4 Å². The minimum absolute atomic E-state index is 0.0181. The van der Waals surface area contributed by atoms with E-state index in [0.717, 1.165) is 11.8 Å². The van der Waals surface area contributed by atoms with Gasteiger partial charge >= 0.3 is 0 Å². The zero-order chi connectivity index (χ0) is 29.5. The van der Waals surface area contributed by atoms with E-state index in [1.807, 2.05) is 18.2 Å². The SMILES string of the molecule is O=C(CSc1nc2ccccc2c(=O)n1-c1ccccc1)N/N=C(/N=Nc1cccc([N+](=O)[O-])c1)c1ccccc1Cl. The van der Waals surface area contributed by atoms with Crippen molar-refractivity contribution in [2.75, 3.05) is 5.75 Å². The van der Waals surface area contributed by atoms with E-state index in [0.29, 0.717) is 32.3 Å². The Hall–Kier alpha value is -5.20. The Bertz CT molecular complexity index is 1910. The Labute approximate surface area is 247 Å². The lowest BCUT2D eigenvalue weighted by molar-refractivity contribution is -0.384. The number of amidine groups is 1.